The second-order valence-electron chi connectivity index (χ2n) is 13.7. The maximum atomic E-state index is 13.6. The van der Waals surface area contributed by atoms with Gasteiger partial charge in [-0.1, -0.05) is 34.0 Å². The third-order valence-electron chi connectivity index (χ3n) is 9.64. The van der Waals surface area contributed by atoms with Crippen LogP contribution < -0.4 is 5.32 Å². The van der Waals surface area contributed by atoms with Crippen LogP contribution in [-0.2, 0) is 44.8 Å². The molecular weight excluding hydrogens is 728 g/mol. The maximum Gasteiger partial charge on any atom is 0.416 e. The molecule has 3 heterocycles. The summed E-state index contributed by atoms with van der Waals surface area (Å²) in [6.45, 7) is 1.85. The number of piperidine rings is 2. The van der Waals surface area contributed by atoms with Crippen LogP contribution in [0.2, 0.25) is 0 Å². The van der Waals surface area contributed by atoms with E-state index in [4.69, 9.17) is 4.74 Å². The minimum absolute atomic E-state index is 0.0220. The SMILES string of the molecule is C[SH](C)(=O)N1CCC(C=C=C=NC(=O)[C@@H](Cc2cc(C(F)(F)F)cc(C(F)(F)F)c2)OC(=O)N2CCC(N3CCc4ccccc4NC3=O)CC2)CC1. The predicted octanol–water partition coefficient (Wildman–Crippen LogP) is 6.14. The van der Waals surface area contributed by atoms with E-state index in [1.807, 2.05) is 28.6 Å². The Morgan fingerprint density at radius 3 is 2.19 bits per heavy atom. The number of allylic oxidation sites excluding steroid dienone is 1. The van der Waals surface area contributed by atoms with Gasteiger partial charge in [0.25, 0.3) is 5.91 Å². The zero-order valence-corrected chi connectivity index (χ0v) is 30.1. The number of carbonyl (C=O) groups is 3. The minimum atomic E-state index is -5.13. The number of likely N-dealkylation sites (tertiary alicyclic amines) is 1. The highest BCUT2D eigenvalue weighted by Gasteiger charge is 2.38. The first kappa shape index (κ1) is 39.8. The number of amides is 4. The van der Waals surface area contributed by atoms with Crippen molar-refractivity contribution in [2.24, 2.45) is 10.9 Å². The van der Waals surface area contributed by atoms with Crippen molar-refractivity contribution in [3.8, 4) is 0 Å². The van der Waals surface area contributed by atoms with Crippen LogP contribution in [0.5, 0.6) is 0 Å². The normalized spacial score (nSPS) is 18.8. The number of thiol groups is 1. The zero-order chi connectivity index (χ0) is 38.6. The largest absolute Gasteiger partial charge is 0.435 e. The molecule has 0 bridgehead atoms. The lowest BCUT2D eigenvalue weighted by atomic mass is 9.98. The van der Waals surface area contributed by atoms with Crippen LogP contribution >= 0.6 is 0 Å². The van der Waals surface area contributed by atoms with Crippen molar-refractivity contribution in [2.75, 3.05) is 50.6 Å². The molecule has 10 nitrogen and oxygen atoms in total. The van der Waals surface area contributed by atoms with Gasteiger partial charge in [0, 0.05) is 69.3 Å². The first-order valence-corrected chi connectivity index (χ1v) is 19.7. The van der Waals surface area contributed by atoms with Crippen molar-refractivity contribution in [2.45, 2.75) is 63.0 Å². The van der Waals surface area contributed by atoms with Gasteiger partial charge in [-0.15, -0.1) is 0 Å². The molecule has 4 amide bonds. The Bertz CT molecular complexity index is 1800. The average Bonchev–Trinajstić information content (AvgIpc) is 3.26. The Kier molecular flexibility index (Phi) is 12.2. The van der Waals surface area contributed by atoms with Crippen LogP contribution in [0.1, 0.15) is 47.9 Å². The van der Waals surface area contributed by atoms with Gasteiger partial charge in [-0.05, 0) is 79.5 Å². The highest BCUT2D eigenvalue weighted by atomic mass is 32.3. The second-order valence-corrected chi connectivity index (χ2v) is 16.9. The molecule has 53 heavy (non-hydrogen) atoms. The van der Waals surface area contributed by atoms with Crippen molar-refractivity contribution in [3.05, 3.63) is 76.5 Å². The van der Waals surface area contributed by atoms with Crippen LogP contribution in [0.25, 0.3) is 0 Å². The third kappa shape index (κ3) is 10.6. The molecule has 0 aromatic heterocycles. The molecule has 3 aliphatic rings. The summed E-state index contributed by atoms with van der Waals surface area (Å²) in [5, 5.41) is 2.91. The van der Waals surface area contributed by atoms with E-state index in [1.165, 1.54) is 4.90 Å². The molecule has 288 valence electrons. The lowest BCUT2D eigenvalue weighted by molar-refractivity contribution is -0.143. The van der Waals surface area contributed by atoms with Crippen LogP contribution in [0.15, 0.2) is 59.3 Å². The quantitative estimate of drug-likeness (QED) is 0.152. The van der Waals surface area contributed by atoms with Crippen LogP contribution in [0.3, 0.4) is 0 Å². The molecule has 0 unspecified atom stereocenters. The zero-order valence-electron chi connectivity index (χ0n) is 29.2. The number of anilines is 1. The highest BCUT2D eigenvalue weighted by Crippen LogP contribution is 2.37. The number of halogens is 6. The predicted molar refractivity (Wildman–Crippen MR) is 187 cm³/mol. The monoisotopic (exact) mass is 769 g/mol. The standard InChI is InChI=1S/C36H41F6N5O5S/c1-53(2,51)46-17-9-24(10-18-46)6-5-14-43-32(48)31(22-25-20-27(35(37,38)39)23-28(21-25)36(40,41)42)52-34(50)45-15-12-29(13-16-45)47-19-11-26-7-3-4-8-30(26)44-33(47)49/h3-4,6-8,20-21,23-24,29,31,53H,9-13,15-19,22H2,1-2H3,(H,44,49)/t31-/m1/s1. The summed E-state index contributed by atoms with van der Waals surface area (Å²) >= 11 is 0. The number of rotatable bonds is 7. The van der Waals surface area contributed by atoms with Gasteiger partial charge < -0.3 is 19.9 Å². The van der Waals surface area contributed by atoms with Crippen LogP contribution in [0, 0.1) is 5.92 Å². The summed E-state index contributed by atoms with van der Waals surface area (Å²) < 4.78 is 101. The number of benzene rings is 2. The van der Waals surface area contributed by atoms with Gasteiger partial charge in [0.05, 0.1) is 11.1 Å². The van der Waals surface area contributed by atoms with Gasteiger partial charge in [-0.3, -0.25) is 9.00 Å². The smallest absolute Gasteiger partial charge is 0.416 e. The first-order valence-electron chi connectivity index (χ1n) is 17.2. The Hall–Kier alpha value is -4.43. The molecule has 0 radical (unpaired) electrons. The van der Waals surface area contributed by atoms with Crippen molar-refractivity contribution in [1.82, 2.24) is 14.1 Å². The molecule has 2 saturated heterocycles. The van der Waals surface area contributed by atoms with Crippen molar-refractivity contribution < 1.29 is 49.7 Å². The molecule has 0 spiro atoms. The molecule has 0 aliphatic carbocycles. The molecule has 1 N–H and O–H groups in total. The summed E-state index contributed by atoms with van der Waals surface area (Å²) in [5.74, 6) is 1.18. The Morgan fingerprint density at radius 2 is 1.58 bits per heavy atom. The molecule has 5 rings (SSSR count). The summed E-state index contributed by atoms with van der Waals surface area (Å²) in [6, 6.07) is 7.85. The Labute approximate surface area is 304 Å². The van der Waals surface area contributed by atoms with E-state index < -0.39 is 63.7 Å². The first-order chi connectivity index (χ1) is 24.9. The number of urea groups is 1. The lowest BCUT2D eigenvalue weighted by Gasteiger charge is -2.37. The van der Waals surface area contributed by atoms with E-state index in [-0.39, 0.29) is 37.1 Å². The Balaban J connectivity index is 1.30. The number of nitrogens with one attached hydrogen (secondary N) is 1. The fourth-order valence-electron chi connectivity index (χ4n) is 6.67. The maximum absolute atomic E-state index is 13.6. The van der Waals surface area contributed by atoms with Crippen molar-refractivity contribution >= 4 is 39.7 Å². The third-order valence-corrected chi connectivity index (χ3v) is 11.4. The van der Waals surface area contributed by atoms with Gasteiger partial charge in [0.1, 0.15) is 0 Å². The number of hydrogen-bond acceptors (Lipinski definition) is 5. The number of alkyl halides is 6. The number of para-hydroxylation sites is 1. The number of aliphatic imine (C=N–C) groups is 1. The summed E-state index contributed by atoms with van der Waals surface area (Å²) in [6.07, 6.45) is -6.32. The lowest BCUT2D eigenvalue weighted by Crippen LogP contribution is -2.50. The molecule has 17 heteroatoms. The van der Waals surface area contributed by atoms with Gasteiger partial charge in [-0.2, -0.15) is 31.3 Å². The molecule has 2 fully saturated rings. The van der Waals surface area contributed by atoms with E-state index in [0.29, 0.717) is 63.9 Å². The molecule has 0 saturated carbocycles. The number of ether oxygens (including phenoxy) is 1. The van der Waals surface area contributed by atoms with Gasteiger partial charge in [0.2, 0.25) is 0 Å². The van der Waals surface area contributed by atoms with E-state index in [1.54, 1.807) is 23.5 Å². The van der Waals surface area contributed by atoms with Crippen LogP contribution in [-0.4, -0.2) is 99.6 Å². The van der Waals surface area contributed by atoms with E-state index in [9.17, 15) is 44.9 Å². The molecule has 1 atom stereocenters. The van der Waals surface area contributed by atoms with E-state index >= 15 is 0 Å². The van der Waals surface area contributed by atoms with E-state index in [2.05, 4.69) is 21.9 Å². The minimum Gasteiger partial charge on any atom is -0.435 e. The molecule has 3 aliphatic heterocycles. The fourth-order valence-corrected chi connectivity index (χ4v) is 7.87. The van der Waals surface area contributed by atoms with Crippen molar-refractivity contribution in [1.29, 1.82) is 0 Å². The molecule has 2 aromatic rings. The molecule has 2 aromatic carbocycles. The van der Waals surface area contributed by atoms with E-state index in [0.717, 1.165) is 11.3 Å². The molecular formula is C36H41F6N5O5S. The topological polar surface area (TPSA) is 112 Å². The number of hydrogen-bond donors (Lipinski definition) is 2. The fraction of sp³-hybridized carbons (Fsp3) is 0.500. The van der Waals surface area contributed by atoms with Crippen molar-refractivity contribution in [3.63, 3.8) is 0 Å². The van der Waals surface area contributed by atoms with Gasteiger partial charge >= 0.3 is 24.5 Å². The number of nitrogens with zero attached hydrogens (tertiary/aromatic N) is 4. The van der Waals surface area contributed by atoms with Gasteiger partial charge in [-0.25, -0.2) is 13.9 Å². The summed E-state index contributed by atoms with van der Waals surface area (Å²) in [5.41, 5.74) is 0.649. The van der Waals surface area contributed by atoms with Crippen LogP contribution in [0.4, 0.5) is 41.6 Å². The number of carbonyl (C=O) groups excluding carboxylic acids is 3. The second kappa shape index (κ2) is 16.3. The Morgan fingerprint density at radius 1 is 0.962 bits per heavy atom. The summed E-state index contributed by atoms with van der Waals surface area (Å²) in [4.78, 5) is 46.2. The average molecular weight is 770 g/mol. The van der Waals surface area contributed by atoms with Gasteiger partial charge in [0.15, 0.2) is 6.10 Å². The number of fused-ring (bicyclic) bond motifs is 1. The highest BCUT2D eigenvalue weighted by molar-refractivity contribution is 7.99. The summed E-state index contributed by atoms with van der Waals surface area (Å²) in [7, 11) is -2.39.